The zero-order valence-corrected chi connectivity index (χ0v) is 13.1. The zero-order chi connectivity index (χ0) is 15.5. The van der Waals surface area contributed by atoms with E-state index in [1.807, 2.05) is 61.5 Å². The summed E-state index contributed by atoms with van der Waals surface area (Å²) in [6, 6.07) is 18.0. The lowest BCUT2D eigenvalue weighted by Gasteiger charge is -2.12. The molecule has 1 unspecified atom stereocenters. The van der Waals surface area contributed by atoms with E-state index in [1.54, 1.807) is 0 Å². The topological polar surface area (TPSA) is 60.9 Å². The van der Waals surface area contributed by atoms with Crippen molar-refractivity contribution in [2.75, 3.05) is 0 Å². The van der Waals surface area contributed by atoms with Gasteiger partial charge in [-0.3, -0.25) is 9.36 Å². The van der Waals surface area contributed by atoms with Crippen molar-refractivity contribution in [3.8, 4) is 5.69 Å². The van der Waals surface area contributed by atoms with Crippen molar-refractivity contribution < 1.29 is 4.79 Å². The highest BCUT2D eigenvalue weighted by Crippen LogP contribution is 2.31. The van der Waals surface area contributed by atoms with Crippen molar-refractivity contribution >= 4 is 28.7 Å². The van der Waals surface area contributed by atoms with Crippen molar-refractivity contribution in [3.63, 3.8) is 0 Å². The van der Waals surface area contributed by atoms with E-state index in [9.17, 15) is 4.79 Å². The van der Waals surface area contributed by atoms with Crippen LogP contribution < -0.4 is 5.73 Å². The lowest BCUT2D eigenvalue weighted by Crippen LogP contribution is -2.25. The molecule has 2 aromatic carbocycles. The predicted octanol–water partition coefficient (Wildman–Crippen LogP) is 3.38. The first kappa shape index (κ1) is 14.7. The third kappa shape index (κ3) is 2.72. The highest BCUT2D eigenvalue weighted by molar-refractivity contribution is 8.00. The molecule has 3 rings (SSSR count). The van der Waals surface area contributed by atoms with Crippen LogP contribution in [0, 0.1) is 0 Å². The Labute approximate surface area is 133 Å². The van der Waals surface area contributed by atoms with Crippen LogP contribution in [0.1, 0.15) is 13.3 Å². The molecule has 0 fully saturated rings. The number of nitrogens with zero attached hydrogens (tertiary/aromatic N) is 2. The summed E-state index contributed by atoms with van der Waals surface area (Å²) in [5.74, 6) is -0.306. The van der Waals surface area contributed by atoms with Gasteiger partial charge in [0.15, 0.2) is 5.16 Å². The summed E-state index contributed by atoms with van der Waals surface area (Å²) in [6.45, 7) is 1.96. The van der Waals surface area contributed by atoms with Gasteiger partial charge in [0.25, 0.3) is 0 Å². The van der Waals surface area contributed by atoms with Crippen molar-refractivity contribution in [3.05, 3.63) is 54.6 Å². The maximum absolute atomic E-state index is 11.6. The molecular weight excluding hydrogens is 294 g/mol. The minimum absolute atomic E-state index is 0.278. The summed E-state index contributed by atoms with van der Waals surface area (Å²) in [5, 5.41) is 0.511. The van der Waals surface area contributed by atoms with Crippen molar-refractivity contribution in [2.45, 2.75) is 23.8 Å². The lowest BCUT2D eigenvalue weighted by molar-refractivity contribution is -0.117. The SMILES string of the molecule is CCC(Sc1nc2ccccc2n1-c1ccccc1)C(N)=O. The number of hydrogen-bond acceptors (Lipinski definition) is 3. The molecule has 0 aliphatic heterocycles. The van der Waals surface area contributed by atoms with Crippen LogP contribution in [-0.2, 0) is 4.79 Å². The quantitative estimate of drug-likeness (QED) is 0.735. The van der Waals surface area contributed by atoms with E-state index in [4.69, 9.17) is 5.73 Å². The molecule has 0 aliphatic rings. The average Bonchev–Trinajstić information content (AvgIpc) is 2.91. The van der Waals surface area contributed by atoms with Crippen LogP contribution in [0.25, 0.3) is 16.7 Å². The van der Waals surface area contributed by atoms with Gasteiger partial charge in [-0.2, -0.15) is 0 Å². The van der Waals surface area contributed by atoms with Crippen LogP contribution in [0.15, 0.2) is 59.8 Å². The van der Waals surface area contributed by atoms with Crippen LogP contribution in [0.2, 0.25) is 0 Å². The van der Waals surface area contributed by atoms with Crippen LogP contribution in [-0.4, -0.2) is 20.7 Å². The Morgan fingerprint density at radius 1 is 1.18 bits per heavy atom. The smallest absolute Gasteiger partial charge is 0.231 e. The third-order valence-electron chi connectivity index (χ3n) is 3.48. The van der Waals surface area contributed by atoms with Gasteiger partial charge in [0, 0.05) is 5.69 Å². The number of aromatic nitrogens is 2. The average molecular weight is 311 g/mol. The molecule has 0 spiro atoms. The van der Waals surface area contributed by atoms with E-state index in [1.165, 1.54) is 11.8 Å². The summed E-state index contributed by atoms with van der Waals surface area (Å²) in [4.78, 5) is 16.2. The molecule has 2 N–H and O–H groups in total. The molecule has 0 saturated heterocycles. The number of nitrogens with two attached hydrogens (primary N) is 1. The van der Waals surface area contributed by atoms with Gasteiger partial charge < -0.3 is 5.73 Å². The van der Waals surface area contributed by atoms with E-state index in [-0.39, 0.29) is 11.2 Å². The normalized spacial score (nSPS) is 12.4. The molecule has 0 saturated carbocycles. The standard InChI is InChI=1S/C17H17N3OS/c1-2-15(16(18)21)22-17-19-13-10-6-7-11-14(13)20(17)12-8-4-3-5-9-12/h3-11,15H,2H2,1H3,(H2,18,21). The maximum atomic E-state index is 11.6. The van der Waals surface area contributed by atoms with E-state index in [0.717, 1.165) is 21.9 Å². The summed E-state index contributed by atoms with van der Waals surface area (Å²) >= 11 is 1.42. The summed E-state index contributed by atoms with van der Waals surface area (Å²) in [7, 11) is 0. The van der Waals surface area contributed by atoms with E-state index in [2.05, 4.69) is 9.55 Å². The number of rotatable bonds is 5. The van der Waals surface area contributed by atoms with Gasteiger partial charge >= 0.3 is 0 Å². The fourth-order valence-electron chi connectivity index (χ4n) is 2.38. The number of imidazole rings is 1. The number of hydrogen-bond donors (Lipinski definition) is 1. The molecule has 4 nitrogen and oxygen atoms in total. The summed E-state index contributed by atoms with van der Waals surface area (Å²) < 4.78 is 2.07. The summed E-state index contributed by atoms with van der Waals surface area (Å²) in [5.41, 5.74) is 8.44. The van der Waals surface area contributed by atoms with E-state index >= 15 is 0 Å². The Hall–Kier alpha value is -2.27. The molecule has 5 heteroatoms. The Bertz CT molecular complexity index is 798. The lowest BCUT2D eigenvalue weighted by atomic mass is 10.3. The molecule has 1 amide bonds. The first-order chi connectivity index (χ1) is 10.7. The molecule has 1 heterocycles. The molecule has 22 heavy (non-hydrogen) atoms. The first-order valence-electron chi connectivity index (χ1n) is 7.19. The zero-order valence-electron chi connectivity index (χ0n) is 12.3. The molecule has 112 valence electrons. The van der Waals surface area contributed by atoms with E-state index < -0.39 is 0 Å². The Morgan fingerprint density at radius 2 is 1.86 bits per heavy atom. The number of thioether (sulfide) groups is 1. The number of primary amides is 1. The second-order valence-corrected chi connectivity index (χ2v) is 6.14. The first-order valence-corrected chi connectivity index (χ1v) is 8.07. The highest BCUT2D eigenvalue weighted by Gasteiger charge is 2.20. The van der Waals surface area contributed by atoms with Gasteiger partial charge in [-0.25, -0.2) is 4.98 Å². The molecule has 1 atom stereocenters. The second-order valence-electron chi connectivity index (χ2n) is 4.97. The van der Waals surface area contributed by atoms with Crippen LogP contribution in [0.4, 0.5) is 0 Å². The van der Waals surface area contributed by atoms with Gasteiger partial charge in [0.05, 0.1) is 16.3 Å². The molecule has 0 aliphatic carbocycles. The fraction of sp³-hybridized carbons (Fsp3) is 0.176. The third-order valence-corrected chi connectivity index (χ3v) is 4.82. The number of fused-ring (bicyclic) bond motifs is 1. The second kappa shape index (κ2) is 6.23. The van der Waals surface area contributed by atoms with Crippen molar-refractivity contribution in [1.82, 2.24) is 9.55 Å². The minimum Gasteiger partial charge on any atom is -0.369 e. The number of benzene rings is 2. The molecule has 3 aromatic rings. The number of para-hydroxylation sites is 3. The van der Waals surface area contributed by atoms with E-state index in [0.29, 0.717) is 6.42 Å². The van der Waals surface area contributed by atoms with Gasteiger partial charge in [-0.1, -0.05) is 49.0 Å². The van der Waals surface area contributed by atoms with Gasteiger partial charge in [0.1, 0.15) is 0 Å². The Kier molecular flexibility index (Phi) is 4.15. The minimum atomic E-state index is -0.306. The van der Waals surface area contributed by atoms with Crippen molar-refractivity contribution in [1.29, 1.82) is 0 Å². The van der Waals surface area contributed by atoms with Crippen LogP contribution in [0.3, 0.4) is 0 Å². The maximum Gasteiger partial charge on any atom is 0.231 e. The molecule has 0 bridgehead atoms. The summed E-state index contributed by atoms with van der Waals surface area (Å²) in [6.07, 6.45) is 0.679. The number of carbonyl (C=O) groups is 1. The van der Waals surface area contributed by atoms with Gasteiger partial charge in [0.2, 0.25) is 5.91 Å². The molecular formula is C17H17N3OS. The largest absolute Gasteiger partial charge is 0.369 e. The number of carbonyl (C=O) groups excluding carboxylic acids is 1. The Balaban J connectivity index is 2.15. The van der Waals surface area contributed by atoms with Crippen molar-refractivity contribution in [2.24, 2.45) is 5.73 Å². The van der Waals surface area contributed by atoms with Gasteiger partial charge in [-0.05, 0) is 30.7 Å². The van der Waals surface area contributed by atoms with Gasteiger partial charge in [-0.15, -0.1) is 0 Å². The van der Waals surface area contributed by atoms with Crippen LogP contribution >= 0.6 is 11.8 Å². The Morgan fingerprint density at radius 3 is 2.55 bits per heavy atom. The number of amides is 1. The predicted molar refractivity (Wildman–Crippen MR) is 90.2 cm³/mol. The van der Waals surface area contributed by atoms with Crippen LogP contribution in [0.5, 0.6) is 0 Å². The fourth-order valence-corrected chi connectivity index (χ4v) is 3.38. The highest BCUT2D eigenvalue weighted by atomic mass is 32.2. The molecule has 0 radical (unpaired) electrons. The monoisotopic (exact) mass is 311 g/mol. The molecule has 1 aromatic heterocycles.